The summed E-state index contributed by atoms with van der Waals surface area (Å²) < 4.78 is 0. The molecule has 160 valence electrons. The van der Waals surface area contributed by atoms with Crippen molar-refractivity contribution in [2.75, 3.05) is 5.75 Å². The van der Waals surface area contributed by atoms with Gasteiger partial charge in [-0.05, 0) is 61.7 Å². The fourth-order valence-electron chi connectivity index (χ4n) is 3.57. The highest BCUT2D eigenvalue weighted by atomic mass is 35.5. The molecule has 4 nitrogen and oxygen atoms in total. The van der Waals surface area contributed by atoms with E-state index in [1.165, 1.54) is 11.8 Å². The summed E-state index contributed by atoms with van der Waals surface area (Å²) in [5.41, 5.74) is 0.896. The summed E-state index contributed by atoms with van der Waals surface area (Å²) in [6.45, 7) is 2.12. The van der Waals surface area contributed by atoms with Crippen LogP contribution >= 0.6 is 35.0 Å². The van der Waals surface area contributed by atoms with E-state index in [1.807, 2.05) is 30.3 Å². The minimum absolute atomic E-state index is 0.0935. The van der Waals surface area contributed by atoms with E-state index in [9.17, 15) is 9.59 Å². The Labute approximate surface area is 192 Å². The first-order chi connectivity index (χ1) is 14.4. The van der Waals surface area contributed by atoms with Crippen molar-refractivity contribution in [1.29, 1.82) is 0 Å². The first kappa shape index (κ1) is 23.0. The molecule has 0 heterocycles. The van der Waals surface area contributed by atoms with Gasteiger partial charge in [0.1, 0.15) is 6.04 Å². The molecule has 1 fully saturated rings. The lowest BCUT2D eigenvalue weighted by Crippen LogP contribution is -2.50. The quantitative estimate of drug-likeness (QED) is 0.520. The second-order valence-corrected chi connectivity index (χ2v) is 9.48. The number of thioether (sulfide) groups is 1. The number of hydrogen-bond acceptors (Lipinski definition) is 3. The smallest absolute Gasteiger partial charge is 0.242 e. The summed E-state index contributed by atoms with van der Waals surface area (Å²) in [7, 11) is 0. The Morgan fingerprint density at radius 3 is 2.47 bits per heavy atom. The van der Waals surface area contributed by atoms with Crippen molar-refractivity contribution in [1.82, 2.24) is 10.2 Å². The number of rotatable bonds is 8. The topological polar surface area (TPSA) is 49.4 Å². The summed E-state index contributed by atoms with van der Waals surface area (Å²) in [5.74, 6) is 0.0428. The van der Waals surface area contributed by atoms with E-state index in [2.05, 4.69) is 5.32 Å². The van der Waals surface area contributed by atoms with Gasteiger partial charge in [0.25, 0.3) is 0 Å². The van der Waals surface area contributed by atoms with Crippen LogP contribution in [0.4, 0.5) is 0 Å². The van der Waals surface area contributed by atoms with Gasteiger partial charge in [0.05, 0.1) is 5.75 Å². The average Bonchev–Trinajstić information content (AvgIpc) is 3.24. The van der Waals surface area contributed by atoms with Gasteiger partial charge in [0, 0.05) is 27.5 Å². The van der Waals surface area contributed by atoms with Crippen LogP contribution in [0, 0.1) is 0 Å². The highest BCUT2D eigenvalue weighted by Crippen LogP contribution is 2.23. The molecule has 0 aromatic heterocycles. The van der Waals surface area contributed by atoms with Crippen LogP contribution in [0.3, 0.4) is 0 Å². The maximum absolute atomic E-state index is 13.1. The molecule has 1 atom stereocenters. The monoisotopic (exact) mass is 464 g/mol. The van der Waals surface area contributed by atoms with E-state index in [-0.39, 0.29) is 23.6 Å². The van der Waals surface area contributed by atoms with Crippen LogP contribution < -0.4 is 5.32 Å². The number of carbonyl (C=O) groups excluding carboxylic acids is 2. The SMILES string of the molecule is C[C@@H](C(=O)NC1CCCC1)N(Cc1cccc(Cl)c1)C(=O)CSc1ccc(Cl)cc1. The van der Waals surface area contributed by atoms with Gasteiger partial charge in [0.15, 0.2) is 0 Å². The largest absolute Gasteiger partial charge is 0.352 e. The molecule has 0 aliphatic heterocycles. The van der Waals surface area contributed by atoms with Crippen molar-refractivity contribution >= 4 is 46.8 Å². The van der Waals surface area contributed by atoms with Gasteiger partial charge in [-0.15, -0.1) is 11.8 Å². The van der Waals surface area contributed by atoms with Crippen molar-refractivity contribution in [3.8, 4) is 0 Å². The number of amides is 2. The molecule has 0 unspecified atom stereocenters. The van der Waals surface area contributed by atoms with Crippen LogP contribution in [0.5, 0.6) is 0 Å². The molecule has 0 bridgehead atoms. The van der Waals surface area contributed by atoms with Crippen LogP contribution in [-0.2, 0) is 16.1 Å². The summed E-state index contributed by atoms with van der Waals surface area (Å²) >= 11 is 13.5. The Hall–Kier alpha value is -1.69. The second kappa shape index (κ2) is 11.1. The molecule has 1 saturated carbocycles. The van der Waals surface area contributed by atoms with Gasteiger partial charge in [0.2, 0.25) is 11.8 Å². The molecule has 0 spiro atoms. The van der Waals surface area contributed by atoms with Crippen molar-refractivity contribution < 1.29 is 9.59 Å². The molecule has 30 heavy (non-hydrogen) atoms. The van der Waals surface area contributed by atoms with E-state index < -0.39 is 6.04 Å². The molecule has 7 heteroatoms. The molecule has 2 aromatic carbocycles. The van der Waals surface area contributed by atoms with Gasteiger partial charge < -0.3 is 10.2 Å². The van der Waals surface area contributed by atoms with Crippen LogP contribution in [0.1, 0.15) is 38.2 Å². The van der Waals surface area contributed by atoms with E-state index >= 15 is 0 Å². The van der Waals surface area contributed by atoms with Crippen molar-refractivity contribution in [2.24, 2.45) is 0 Å². The average molecular weight is 465 g/mol. The molecule has 2 amide bonds. The number of hydrogen-bond donors (Lipinski definition) is 1. The second-order valence-electron chi connectivity index (χ2n) is 7.56. The predicted molar refractivity (Wildman–Crippen MR) is 124 cm³/mol. The first-order valence-electron chi connectivity index (χ1n) is 10.1. The van der Waals surface area contributed by atoms with Crippen LogP contribution in [0.15, 0.2) is 53.4 Å². The van der Waals surface area contributed by atoms with Crippen LogP contribution in [-0.4, -0.2) is 34.6 Å². The van der Waals surface area contributed by atoms with Gasteiger partial charge >= 0.3 is 0 Å². The number of benzene rings is 2. The Kier molecular flexibility index (Phi) is 8.49. The molecular formula is C23H26Cl2N2O2S. The lowest BCUT2D eigenvalue weighted by Gasteiger charge is -2.29. The third-order valence-electron chi connectivity index (χ3n) is 5.29. The molecule has 2 aromatic rings. The standard InChI is InChI=1S/C23H26Cl2N2O2S/c1-16(23(29)26-20-7-2-3-8-20)27(14-17-5-4-6-19(25)13-17)22(28)15-30-21-11-9-18(24)10-12-21/h4-6,9-13,16,20H,2-3,7-8,14-15H2,1H3,(H,26,29)/t16-/m0/s1. The van der Waals surface area contributed by atoms with E-state index in [0.29, 0.717) is 16.6 Å². The fourth-order valence-corrected chi connectivity index (χ4v) is 4.69. The third kappa shape index (κ3) is 6.66. The molecule has 1 N–H and O–H groups in total. The molecule has 1 aliphatic rings. The Morgan fingerprint density at radius 1 is 1.10 bits per heavy atom. The Balaban J connectivity index is 1.70. The zero-order chi connectivity index (χ0) is 21.5. The highest BCUT2D eigenvalue weighted by molar-refractivity contribution is 8.00. The van der Waals surface area contributed by atoms with E-state index in [4.69, 9.17) is 23.2 Å². The van der Waals surface area contributed by atoms with Crippen molar-refractivity contribution in [2.45, 2.75) is 56.1 Å². The van der Waals surface area contributed by atoms with Gasteiger partial charge in [-0.3, -0.25) is 9.59 Å². The Morgan fingerprint density at radius 2 is 1.80 bits per heavy atom. The molecule has 0 saturated heterocycles. The summed E-state index contributed by atoms with van der Waals surface area (Å²) in [6, 6.07) is 14.4. The maximum Gasteiger partial charge on any atom is 0.242 e. The summed E-state index contributed by atoms with van der Waals surface area (Å²) in [4.78, 5) is 28.6. The summed E-state index contributed by atoms with van der Waals surface area (Å²) in [6.07, 6.45) is 4.30. The minimum atomic E-state index is -0.567. The first-order valence-corrected chi connectivity index (χ1v) is 11.9. The van der Waals surface area contributed by atoms with Gasteiger partial charge in [-0.2, -0.15) is 0 Å². The maximum atomic E-state index is 13.1. The zero-order valence-electron chi connectivity index (χ0n) is 16.9. The summed E-state index contributed by atoms with van der Waals surface area (Å²) in [5, 5.41) is 4.38. The van der Waals surface area contributed by atoms with Gasteiger partial charge in [-0.25, -0.2) is 0 Å². The number of nitrogens with zero attached hydrogens (tertiary/aromatic N) is 1. The third-order valence-corrected chi connectivity index (χ3v) is 6.77. The van der Waals surface area contributed by atoms with Crippen LogP contribution in [0.25, 0.3) is 0 Å². The van der Waals surface area contributed by atoms with Crippen LogP contribution in [0.2, 0.25) is 10.0 Å². The minimum Gasteiger partial charge on any atom is -0.352 e. The van der Waals surface area contributed by atoms with Gasteiger partial charge in [-0.1, -0.05) is 48.2 Å². The number of carbonyl (C=O) groups is 2. The number of halogens is 2. The zero-order valence-corrected chi connectivity index (χ0v) is 19.3. The van der Waals surface area contributed by atoms with E-state index in [0.717, 1.165) is 36.1 Å². The Bertz CT molecular complexity index is 870. The normalized spacial score (nSPS) is 15.0. The highest BCUT2D eigenvalue weighted by Gasteiger charge is 2.28. The fraction of sp³-hybridized carbons (Fsp3) is 0.391. The number of nitrogens with one attached hydrogen (secondary N) is 1. The molecule has 3 rings (SSSR count). The predicted octanol–water partition coefficient (Wildman–Crippen LogP) is 5.56. The molecule has 1 aliphatic carbocycles. The lowest BCUT2D eigenvalue weighted by molar-refractivity contribution is -0.138. The molecular weight excluding hydrogens is 439 g/mol. The molecule has 0 radical (unpaired) electrons. The van der Waals surface area contributed by atoms with E-state index in [1.54, 1.807) is 30.0 Å². The van der Waals surface area contributed by atoms with Crippen molar-refractivity contribution in [3.63, 3.8) is 0 Å². The lowest BCUT2D eigenvalue weighted by atomic mass is 10.1. The van der Waals surface area contributed by atoms with Crippen molar-refractivity contribution in [3.05, 3.63) is 64.1 Å².